The first kappa shape index (κ1) is 17.6. The van der Waals surface area contributed by atoms with Crippen LogP contribution in [-0.2, 0) is 6.54 Å². The summed E-state index contributed by atoms with van der Waals surface area (Å²) in [6.07, 6.45) is 4.31. The number of rotatable bonds is 4. The van der Waals surface area contributed by atoms with Crippen LogP contribution in [0.15, 0.2) is 48.7 Å². The molecule has 2 aliphatic heterocycles. The molecule has 1 aromatic carbocycles. The fraction of sp³-hybridized carbons (Fsp3) is 0.429. The summed E-state index contributed by atoms with van der Waals surface area (Å²) in [4.78, 5) is 23.5. The Morgan fingerprint density at radius 2 is 1.67 bits per heavy atom. The Balaban J connectivity index is 1.27. The van der Waals surface area contributed by atoms with E-state index in [0.29, 0.717) is 6.54 Å². The van der Waals surface area contributed by atoms with Crippen LogP contribution in [0.1, 0.15) is 18.4 Å². The molecule has 0 unspecified atom stereocenters. The minimum Gasteiger partial charge on any atom is -0.368 e. The third-order valence-corrected chi connectivity index (χ3v) is 5.37. The van der Waals surface area contributed by atoms with Gasteiger partial charge < -0.3 is 20.0 Å². The Hall–Kier alpha value is -2.76. The number of nitrogens with one attached hydrogen (secondary N) is 1. The van der Waals surface area contributed by atoms with E-state index in [0.717, 1.165) is 50.6 Å². The van der Waals surface area contributed by atoms with E-state index < -0.39 is 0 Å². The first-order chi connectivity index (χ1) is 13.3. The molecule has 1 N–H and O–H groups in total. The number of urea groups is 1. The van der Waals surface area contributed by atoms with Gasteiger partial charge in [0.1, 0.15) is 5.82 Å². The average molecular weight is 365 g/mol. The summed E-state index contributed by atoms with van der Waals surface area (Å²) >= 11 is 0. The predicted molar refractivity (Wildman–Crippen MR) is 108 cm³/mol. The number of benzene rings is 1. The minimum absolute atomic E-state index is 0.0160. The molecule has 2 fully saturated rings. The number of nitrogens with zero attached hydrogens (tertiary/aromatic N) is 4. The van der Waals surface area contributed by atoms with Crippen molar-refractivity contribution in [3.05, 3.63) is 54.2 Å². The van der Waals surface area contributed by atoms with E-state index in [1.54, 1.807) is 0 Å². The number of anilines is 2. The van der Waals surface area contributed by atoms with Crippen LogP contribution in [0.25, 0.3) is 0 Å². The Bertz CT molecular complexity index is 752. The third-order valence-electron chi connectivity index (χ3n) is 5.37. The monoisotopic (exact) mass is 365 g/mol. The maximum absolute atomic E-state index is 12.5. The highest BCUT2D eigenvalue weighted by Crippen LogP contribution is 2.19. The van der Waals surface area contributed by atoms with Crippen molar-refractivity contribution in [2.75, 3.05) is 49.1 Å². The smallest absolute Gasteiger partial charge is 0.317 e. The molecule has 0 bridgehead atoms. The molecule has 4 rings (SSSR count). The van der Waals surface area contributed by atoms with E-state index in [1.165, 1.54) is 18.5 Å². The third kappa shape index (κ3) is 4.32. The Morgan fingerprint density at radius 1 is 0.926 bits per heavy atom. The molecule has 2 aromatic rings. The number of piperazine rings is 1. The van der Waals surface area contributed by atoms with E-state index in [9.17, 15) is 4.79 Å². The van der Waals surface area contributed by atoms with Gasteiger partial charge in [0.2, 0.25) is 0 Å². The van der Waals surface area contributed by atoms with Gasteiger partial charge in [-0.2, -0.15) is 0 Å². The maximum Gasteiger partial charge on any atom is 0.317 e. The molecule has 3 heterocycles. The van der Waals surface area contributed by atoms with Crippen molar-refractivity contribution in [3.8, 4) is 0 Å². The normalized spacial score (nSPS) is 17.3. The Kier molecular flexibility index (Phi) is 5.42. The lowest BCUT2D eigenvalue weighted by Crippen LogP contribution is -2.51. The van der Waals surface area contributed by atoms with Gasteiger partial charge in [-0.05, 0) is 42.7 Å². The van der Waals surface area contributed by atoms with Crippen molar-refractivity contribution < 1.29 is 4.79 Å². The van der Waals surface area contributed by atoms with Gasteiger partial charge in [-0.3, -0.25) is 0 Å². The first-order valence-electron chi connectivity index (χ1n) is 9.82. The van der Waals surface area contributed by atoms with Gasteiger partial charge >= 0.3 is 6.03 Å². The Morgan fingerprint density at radius 3 is 2.41 bits per heavy atom. The molecule has 2 saturated heterocycles. The van der Waals surface area contributed by atoms with Gasteiger partial charge in [-0.15, -0.1) is 0 Å². The molecule has 6 heteroatoms. The molecule has 0 aliphatic carbocycles. The van der Waals surface area contributed by atoms with Crippen LogP contribution in [0.2, 0.25) is 0 Å². The second-order valence-corrected chi connectivity index (χ2v) is 7.18. The predicted octanol–water partition coefficient (Wildman–Crippen LogP) is 2.71. The lowest BCUT2D eigenvalue weighted by molar-refractivity contribution is 0.194. The van der Waals surface area contributed by atoms with E-state index in [4.69, 9.17) is 0 Å². The SMILES string of the molecule is O=C(NCc1ccnc(N2CCCC2)c1)N1CCN(c2ccccc2)CC1. The number of hydrogen-bond acceptors (Lipinski definition) is 4. The van der Waals surface area contributed by atoms with Crippen LogP contribution in [0.4, 0.5) is 16.3 Å². The lowest BCUT2D eigenvalue weighted by Gasteiger charge is -2.36. The van der Waals surface area contributed by atoms with Crippen molar-refractivity contribution in [2.24, 2.45) is 0 Å². The van der Waals surface area contributed by atoms with E-state index >= 15 is 0 Å². The molecule has 1 aromatic heterocycles. The fourth-order valence-corrected chi connectivity index (χ4v) is 3.79. The second kappa shape index (κ2) is 8.29. The summed E-state index contributed by atoms with van der Waals surface area (Å²) in [5, 5.41) is 3.06. The molecule has 2 amide bonds. The summed E-state index contributed by atoms with van der Waals surface area (Å²) in [5.41, 5.74) is 2.33. The van der Waals surface area contributed by atoms with Crippen molar-refractivity contribution in [2.45, 2.75) is 19.4 Å². The topological polar surface area (TPSA) is 51.7 Å². The summed E-state index contributed by atoms with van der Waals surface area (Å²) < 4.78 is 0. The largest absolute Gasteiger partial charge is 0.368 e. The van der Waals surface area contributed by atoms with Crippen LogP contribution in [0.3, 0.4) is 0 Å². The highest BCUT2D eigenvalue weighted by molar-refractivity contribution is 5.74. The number of hydrogen-bond donors (Lipinski definition) is 1. The van der Waals surface area contributed by atoms with Gasteiger partial charge in [0.25, 0.3) is 0 Å². The van der Waals surface area contributed by atoms with Gasteiger partial charge in [0, 0.05) is 57.7 Å². The summed E-state index contributed by atoms with van der Waals surface area (Å²) in [6.45, 7) is 5.92. The summed E-state index contributed by atoms with van der Waals surface area (Å²) in [6, 6.07) is 14.5. The summed E-state index contributed by atoms with van der Waals surface area (Å²) in [7, 11) is 0. The fourth-order valence-electron chi connectivity index (χ4n) is 3.79. The molecule has 2 aliphatic rings. The first-order valence-corrected chi connectivity index (χ1v) is 9.82. The van der Waals surface area contributed by atoms with Crippen molar-refractivity contribution >= 4 is 17.5 Å². The molecule has 6 nitrogen and oxygen atoms in total. The van der Waals surface area contributed by atoms with Gasteiger partial charge in [-0.25, -0.2) is 9.78 Å². The van der Waals surface area contributed by atoms with Crippen LogP contribution >= 0.6 is 0 Å². The van der Waals surface area contributed by atoms with E-state index in [1.807, 2.05) is 23.2 Å². The quantitative estimate of drug-likeness (QED) is 0.905. The van der Waals surface area contributed by atoms with Crippen LogP contribution < -0.4 is 15.1 Å². The highest BCUT2D eigenvalue weighted by atomic mass is 16.2. The zero-order valence-electron chi connectivity index (χ0n) is 15.7. The van der Waals surface area contributed by atoms with E-state index in [-0.39, 0.29) is 6.03 Å². The standard InChI is InChI=1S/C21H27N5O/c27-21(26-14-12-24(13-15-26)19-6-2-1-3-7-19)23-17-18-8-9-22-20(16-18)25-10-4-5-11-25/h1-3,6-9,16H,4-5,10-15,17H2,(H,23,27). The molecule has 0 spiro atoms. The number of amides is 2. The van der Waals surface area contributed by atoms with E-state index in [2.05, 4.69) is 50.4 Å². The number of carbonyl (C=O) groups is 1. The average Bonchev–Trinajstić information content (AvgIpc) is 3.28. The van der Waals surface area contributed by atoms with Crippen molar-refractivity contribution in [3.63, 3.8) is 0 Å². The van der Waals surface area contributed by atoms with Gasteiger partial charge in [-0.1, -0.05) is 18.2 Å². The zero-order chi connectivity index (χ0) is 18.5. The molecule has 142 valence electrons. The number of aromatic nitrogens is 1. The Labute approximate surface area is 160 Å². The van der Waals surface area contributed by atoms with Crippen LogP contribution in [0, 0.1) is 0 Å². The number of pyridine rings is 1. The molecule has 0 radical (unpaired) electrons. The van der Waals surface area contributed by atoms with Crippen molar-refractivity contribution in [1.29, 1.82) is 0 Å². The molecular formula is C21H27N5O. The minimum atomic E-state index is 0.0160. The molecule has 0 atom stereocenters. The van der Waals surface area contributed by atoms with Crippen LogP contribution in [-0.4, -0.2) is 55.2 Å². The van der Waals surface area contributed by atoms with Crippen LogP contribution in [0.5, 0.6) is 0 Å². The molecular weight excluding hydrogens is 338 g/mol. The number of carbonyl (C=O) groups excluding carboxylic acids is 1. The summed E-state index contributed by atoms with van der Waals surface area (Å²) in [5.74, 6) is 1.02. The number of para-hydroxylation sites is 1. The zero-order valence-corrected chi connectivity index (χ0v) is 15.7. The van der Waals surface area contributed by atoms with Gasteiger partial charge in [0.15, 0.2) is 0 Å². The maximum atomic E-state index is 12.5. The van der Waals surface area contributed by atoms with Gasteiger partial charge in [0.05, 0.1) is 0 Å². The molecule has 27 heavy (non-hydrogen) atoms. The second-order valence-electron chi connectivity index (χ2n) is 7.18. The van der Waals surface area contributed by atoms with Crippen molar-refractivity contribution in [1.82, 2.24) is 15.2 Å². The lowest BCUT2D eigenvalue weighted by atomic mass is 10.2. The molecule has 0 saturated carbocycles. The highest BCUT2D eigenvalue weighted by Gasteiger charge is 2.21.